The van der Waals surface area contributed by atoms with Crippen LogP contribution >= 0.6 is 24.0 Å². The summed E-state index contributed by atoms with van der Waals surface area (Å²) < 4.78 is 26.7. The first-order chi connectivity index (χ1) is 11.4. The quantitative estimate of drug-likeness (QED) is 0.826. The molecule has 1 amide bonds. The van der Waals surface area contributed by atoms with Crippen LogP contribution in [0.2, 0.25) is 5.02 Å². The van der Waals surface area contributed by atoms with E-state index >= 15 is 0 Å². The van der Waals surface area contributed by atoms with E-state index in [0.29, 0.717) is 31.2 Å². The molecule has 1 aromatic rings. The van der Waals surface area contributed by atoms with Gasteiger partial charge in [0.05, 0.1) is 4.90 Å². The monoisotopic (exact) mass is 407 g/mol. The zero-order valence-electron chi connectivity index (χ0n) is 13.8. The van der Waals surface area contributed by atoms with Crippen LogP contribution < -0.4 is 5.73 Å². The average Bonchev–Trinajstić information content (AvgIpc) is 3.01. The summed E-state index contributed by atoms with van der Waals surface area (Å²) in [6, 6.07) is 6.37. The van der Waals surface area contributed by atoms with E-state index in [9.17, 15) is 13.2 Å². The second kappa shape index (κ2) is 8.22. The Morgan fingerprint density at radius 3 is 2.40 bits per heavy atom. The van der Waals surface area contributed by atoms with Gasteiger partial charge in [-0.1, -0.05) is 17.7 Å². The molecule has 2 unspecified atom stereocenters. The van der Waals surface area contributed by atoms with Gasteiger partial charge in [-0.05, 0) is 37.5 Å². The van der Waals surface area contributed by atoms with Crippen LogP contribution in [-0.2, 0) is 14.8 Å². The Bertz CT molecular complexity index is 721. The van der Waals surface area contributed by atoms with Gasteiger partial charge >= 0.3 is 0 Å². The summed E-state index contributed by atoms with van der Waals surface area (Å²) in [6.07, 6.45) is 2.46. The first-order valence-corrected chi connectivity index (χ1v) is 10.00. The van der Waals surface area contributed by atoms with E-state index in [-0.39, 0.29) is 35.2 Å². The summed E-state index contributed by atoms with van der Waals surface area (Å²) in [5.41, 5.74) is 5.88. The van der Waals surface area contributed by atoms with Crippen molar-refractivity contribution in [1.29, 1.82) is 0 Å². The molecule has 0 radical (unpaired) electrons. The molecule has 9 heteroatoms. The Hall–Kier alpha value is -0.860. The van der Waals surface area contributed by atoms with Gasteiger partial charge in [0.1, 0.15) is 0 Å². The lowest BCUT2D eigenvalue weighted by Gasteiger charge is -2.35. The maximum Gasteiger partial charge on any atom is 0.243 e. The molecule has 1 heterocycles. The highest BCUT2D eigenvalue weighted by Gasteiger charge is 2.35. The number of piperazine rings is 1. The molecule has 0 aromatic heterocycles. The number of amides is 1. The third-order valence-electron chi connectivity index (χ3n) is 4.81. The van der Waals surface area contributed by atoms with Crippen LogP contribution in [0, 0.1) is 5.92 Å². The number of benzene rings is 1. The number of carbonyl (C=O) groups is 1. The Morgan fingerprint density at radius 1 is 1.16 bits per heavy atom. The number of rotatable bonds is 3. The largest absolute Gasteiger partial charge is 0.340 e. The van der Waals surface area contributed by atoms with Crippen molar-refractivity contribution in [2.45, 2.75) is 30.2 Å². The smallest absolute Gasteiger partial charge is 0.243 e. The lowest BCUT2D eigenvalue weighted by Crippen LogP contribution is -2.51. The molecule has 6 nitrogen and oxygen atoms in total. The summed E-state index contributed by atoms with van der Waals surface area (Å²) in [5.74, 6) is 0.110. The first-order valence-electron chi connectivity index (χ1n) is 8.18. The van der Waals surface area contributed by atoms with Gasteiger partial charge in [0, 0.05) is 43.2 Å². The summed E-state index contributed by atoms with van der Waals surface area (Å²) in [4.78, 5) is 14.5. The number of nitrogens with zero attached hydrogens (tertiary/aromatic N) is 2. The maximum atomic E-state index is 12.7. The molecule has 2 aliphatic rings. The van der Waals surface area contributed by atoms with Crippen LogP contribution in [0.5, 0.6) is 0 Å². The molecule has 1 aromatic carbocycles. The minimum absolute atomic E-state index is 0. The first kappa shape index (κ1) is 20.5. The summed E-state index contributed by atoms with van der Waals surface area (Å²) in [5, 5.41) is 0.391. The zero-order chi connectivity index (χ0) is 17.3. The van der Waals surface area contributed by atoms with Gasteiger partial charge in [-0.2, -0.15) is 4.31 Å². The van der Waals surface area contributed by atoms with Crippen molar-refractivity contribution < 1.29 is 13.2 Å². The summed E-state index contributed by atoms with van der Waals surface area (Å²) in [7, 11) is -3.57. The minimum atomic E-state index is -3.57. The third kappa shape index (κ3) is 4.46. The van der Waals surface area contributed by atoms with Crippen LogP contribution in [0.3, 0.4) is 0 Å². The van der Waals surface area contributed by atoms with Gasteiger partial charge in [0.15, 0.2) is 0 Å². The number of halogens is 2. The van der Waals surface area contributed by atoms with Crippen molar-refractivity contribution in [2.24, 2.45) is 11.7 Å². The molecule has 140 valence electrons. The van der Waals surface area contributed by atoms with Gasteiger partial charge in [0.25, 0.3) is 0 Å². The average molecular weight is 408 g/mol. The van der Waals surface area contributed by atoms with Gasteiger partial charge < -0.3 is 10.6 Å². The van der Waals surface area contributed by atoms with Crippen molar-refractivity contribution >= 4 is 39.9 Å². The topological polar surface area (TPSA) is 83.7 Å². The van der Waals surface area contributed by atoms with Crippen LogP contribution in [0.25, 0.3) is 0 Å². The van der Waals surface area contributed by atoms with Crippen LogP contribution in [0.1, 0.15) is 19.3 Å². The van der Waals surface area contributed by atoms with E-state index in [1.807, 2.05) is 0 Å². The third-order valence-corrected chi connectivity index (χ3v) is 6.94. The van der Waals surface area contributed by atoms with Crippen LogP contribution in [0.4, 0.5) is 0 Å². The minimum Gasteiger partial charge on any atom is -0.340 e. The number of nitrogens with two attached hydrogens (primary N) is 1. The van der Waals surface area contributed by atoms with E-state index in [2.05, 4.69) is 0 Å². The van der Waals surface area contributed by atoms with Gasteiger partial charge in [-0.15, -0.1) is 12.4 Å². The maximum absolute atomic E-state index is 12.7. The molecule has 1 saturated carbocycles. The number of hydrogen-bond acceptors (Lipinski definition) is 4. The fourth-order valence-electron chi connectivity index (χ4n) is 3.42. The molecule has 0 bridgehead atoms. The van der Waals surface area contributed by atoms with Crippen molar-refractivity contribution in [3.63, 3.8) is 0 Å². The Morgan fingerprint density at radius 2 is 1.84 bits per heavy atom. The highest BCUT2D eigenvalue weighted by Crippen LogP contribution is 2.27. The Kier molecular flexibility index (Phi) is 6.73. The van der Waals surface area contributed by atoms with E-state index in [1.54, 1.807) is 23.1 Å². The van der Waals surface area contributed by atoms with E-state index in [4.69, 9.17) is 17.3 Å². The highest BCUT2D eigenvalue weighted by molar-refractivity contribution is 7.89. The van der Waals surface area contributed by atoms with Gasteiger partial charge in [-0.25, -0.2) is 8.42 Å². The van der Waals surface area contributed by atoms with E-state index in [1.165, 1.54) is 10.4 Å². The van der Waals surface area contributed by atoms with Crippen LogP contribution in [-0.4, -0.2) is 55.8 Å². The Labute approximate surface area is 159 Å². The lowest BCUT2D eigenvalue weighted by atomic mass is 10.1. The predicted molar refractivity (Wildman–Crippen MR) is 99.4 cm³/mol. The normalized spacial score (nSPS) is 24.8. The fraction of sp³-hybridized carbons (Fsp3) is 0.562. The molecule has 1 aliphatic heterocycles. The van der Waals surface area contributed by atoms with E-state index < -0.39 is 10.0 Å². The molecular weight excluding hydrogens is 385 g/mol. The van der Waals surface area contributed by atoms with Crippen molar-refractivity contribution in [2.75, 3.05) is 26.2 Å². The molecular formula is C16H23Cl2N3O3S. The predicted octanol–water partition coefficient (Wildman–Crippen LogP) is 1.72. The van der Waals surface area contributed by atoms with Gasteiger partial charge in [0.2, 0.25) is 15.9 Å². The molecule has 2 atom stereocenters. The molecule has 1 saturated heterocycles. The summed E-state index contributed by atoms with van der Waals surface area (Å²) in [6.45, 7) is 1.45. The van der Waals surface area contributed by atoms with Crippen molar-refractivity contribution in [3.8, 4) is 0 Å². The van der Waals surface area contributed by atoms with Crippen molar-refractivity contribution in [3.05, 3.63) is 29.3 Å². The SMILES string of the molecule is Cl.NC1CCC(C(=O)N2CCN(S(=O)(=O)c3cccc(Cl)c3)CC2)C1. The standard InChI is InChI=1S/C16H22ClN3O3S.ClH/c17-13-2-1-3-15(11-13)24(22,23)20-8-6-19(7-9-20)16(21)12-4-5-14(18)10-12;/h1-3,11-12,14H,4-10,18H2;1H. The fourth-order valence-corrected chi connectivity index (χ4v) is 5.15. The van der Waals surface area contributed by atoms with Gasteiger partial charge in [-0.3, -0.25) is 4.79 Å². The zero-order valence-corrected chi connectivity index (χ0v) is 16.2. The molecule has 25 heavy (non-hydrogen) atoms. The second-order valence-electron chi connectivity index (χ2n) is 6.46. The van der Waals surface area contributed by atoms with E-state index in [0.717, 1.165) is 19.3 Å². The number of sulfonamides is 1. The highest BCUT2D eigenvalue weighted by atomic mass is 35.5. The number of carbonyl (C=O) groups excluding carboxylic acids is 1. The molecule has 2 fully saturated rings. The molecule has 0 spiro atoms. The van der Waals surface area contributed by atoms with Crippen molar-refractivity contribution in [1.82, 2.24) is 9.21 Å². The van der Waals surface area contributed by atoms with Crippen LogP contribution in [0.15, 0.2) is 29.2 Å². The summed E-state index contributed by atoms with van der Waals surface area (Å²) >= 11 is 5.89. The lowest BCUT2D eigenvalue weighted by molar-refractivity contribution is -0.136. The Balaban J connectivity index is 0.00000225. The second-order valence-corrected chi connectivity index (χ2v) is 8.83. The number of hydrogen-bond donors (Lipinski definition) is 1. The molecule has 1 aliphatic carbocycles. The molecule has 2 N–H and O–H groups in total. The molecule has 3 rings (SSSR count).